The summed E-state index contributed by atoms with van der Waals surface area (Å²) >= 11 is 4.94. The van der Waals surface area contributed by atoms with E-state index in [-0.39, 0.29) is 25.1 Å². The van der Waals surface area contributed by atoms with Crippen LogP contribution in [0.4, 0.5) is 0 Å². The first kappa shape index (κ1) is 17.2. The largest absolute Gasteiger partial charge is 0.460 e. The van der Waals surface area contributed by atoms with Gasteiger partial charge in [0.15, 0.2) is 11.5 Å². The van der Waals surface area contributed by atoms with Crippen molar-refractivity contribution in [2.24, 2.45) is 0 Å². The molecule has 0 unspecified atom stereocenters. The monoisotopic (exact) mass is 408 g/mol. The van der Waals surface area contributed by atoms with Gasteiger partial charge in [-0.1, -0.05) is 22.0 Å². The van der Waals surface area contributed by atoms with E-state index in [1.165, 1.54) is 22.9 Å². The zero-order chi connectivity index (χ0) is 17.1. The lowest BCUT2D eigenvalue weighted by Gasteiger charge is -2.08. The average molecular weight is 409 g/mol. The zero-order valence-corrected chi connectivity index (χ0v) is 15.8. The molecule has 6 heteroatoms. The molecular formula is C18H17BrO4S. The van der Waals surface area contributed by atoms with Gasteiger partial charge in [-0.15, -0.1) is 11.8 Å². The lowest BCUT2D eigenvalue weighted by molar-refractivity contribution is -0.141. The Morgan fingerprint density at radius 2 is 1.92 bits per heavy atom. The summed E-state index contributed by atoms with van der Waals surface area (Å²) < 4.78 is 16.8. The SMILES string of the molecule is Cc1ccc(SCC(=O)OCc2cc3c(cc2Br)OCO3)cc1C. The van der Waals surface area contributed by atoms with Gasteiger partial charge < -0.3 is 14.2 Å². The molecule has 1 heterocycles. The summed E-state index contributed by atoms with van der Waals surface area (Å²) in [7, 11) is 0. The van der Waals surface area contributed by atoms with E-state index in [1.54, 1.807) is 0 Å². The second kappa shape index (κ2) is 7.49. The summed E-state index contributed by atoms with van der Waals surface area (Å²) in [4.78, 5) is 13.0. The van der Waals surface area contributed by atoms with Crippen LogP contribution >= 0.6 is 27.7 Å². The fraction of sp³-hybridized carbons (Fsp3) is 0.278. The Labute approximate surface area is 153 Å². The molecule has 2 aromatic carbocycles. The average Bonchev–Trinajstić information content (AvgIpc) is 3.00. The van der Waals surface area contributed by atoms with E-state index >= 15 is 0 Å². The minimum Gasteiger partial charge on any atom is -0.460 e. The van der Waals surface area contributed by atoms with E-state index in [4.69, 9.17) is 14.2 Å². The summed E-state index contributed by atoms with van der Waals surface area (Å²) in [6.07, 6.45) is 0. The first-order valence-corrected chi connectivity index (χ1v) is 9.24. The third kappa shape index (κ3) is 4.05. The van der Waals surface area contributed by atoms with E-state index in [0.29, 0.717) is 11.5 Å². The number of aryl methyl sites for hydroxylation is 2. The zero-order valence-electron chi connectivity index (χ0n) is 13.4. The Balaban J connectivity index is 1.53. The predicted molar refractivity (Wildman–Crippen MR) is 96.7 cm³/mol. The van der Waals surface area contributed by atoms with Gasteiger partial charge >= 0.3 is 5.97 Å². The Morgan fingerprint density at radius 1 is 1.17 bits per heavy atom. The number of hydrogen-bond donors (Lipinski definition) is 0. The fourth-order valence-electron chi connectivity index (χ4n) is 2.22. The highest BCUT2D eigenvalue weighted by Gasteiger charge is 2.17. The maximum Gasteiger partial charge on any atom is 0.316 e. The summed E-state index contributed by atoms with van der Waals surface area (Å²) in [6.45, 7) is 4.55. The van der Waals surface area contributed by atoms with Gasteiger partial charge in [0.25, 0.3) is 0 Å². The van der Waals surface area contributed by atoms with Gasteiger partial charge in [-0.3, -0.25) is 4.79 Å². The number of hydrogen-bond acceptors (Lipinski definition) is 5. The van der Waals surface area contributed by atoms with Crippen LogP contribution in [0.2, 0.25) is 0 Å². The van der Waals surface area contributed by atoms with Crippen LogP contribution in [0.1, 0.15) is 16.7 Å². The number of esters is 1. The van der Waals surface area contributed by atoms with Gasteiger partial charge in [0.2, 0.25) is 6.79 Å². The normalized spacial score (nSPS) is 12.3. The van der Waals surface area contributed by atoms with Crippen LogP contribution in [0, 0.1) is 13.8 Å². The molecule has 0 aromatic heterocycles. The summed E-state index contributed by atoms with van der Waals surface area (Å²) in [5.41, 5.74) is 3.32. The Bertz CT molecular complexity index is 776. The third-order valence-electron chi connectivity index (χ3n) is 3.77. The highest BCUT2D eigenvalue weighted by Crippen LogP contribution is 2.37. The molecule has 2 aromatic rings. The predicted octanol–water partition coefficient (Wildman–Crippen LogP) is 4.63. The van der Waals surface area contributed by atoms with Crippen molar-refractivity contribution in [2.75, 3.05) is 12.5 Å². The number of benzene rings is 2. The van der Waals surface area contributed by atoms with Crippen molar-refractivity contribution < 1.29 is 19.0 Å². The van der Waals surface area contributed by atoms with Crippen molar-refractivity contribution >= 4 is 33.7 Å². The van der Waals surface area contributed by atoms with E-state index in [2.05, 4.69) is 41.9 Å². The quantitative estimate of drug-likeness (QED) is 0.532. The van der Waals surface area contributed by atoms with Crippen LogP contribution in [0.3, 0.4) is 0 Å². The lowest BCUT2D eigenvalue weighted by atomic mass is 10.1. The molecule has 0 radical (unpaired) electrons. The second-order valence-electron chi connectivity index (χ2n) is 5.49. The molecule has 1 aliphatic rings. The van der Waals surface area contributed by atoms with Crippen LogP contribution in [-0.4, -0.2) is 18.5 Å². The van der Waals surface area contributed by atoms with Gasteiger partial charge in [0.05, 0.1) is 5.75 Å². The molecule has 4 nitrogen and oxygen atoms in total. The van der Waals surface area contributed by atoms with E-state index in [0.717, 1.165) is 14.9 Å². The molecule has 0 aliphatic carbocycles. The highest BCUT2D eigenvalue weighted by molar-refractivity contribution is 9.10. The van der Waals surface area contributed by atoms with Gasteiger partial charge in [0, 0.05) is 14.9 Å². The minimum atomic E-state index is -0.247. The van der Waals surface area contributed by atoms with Gasteiger partial charge in [-0.2, -0.15) is 0 Å². The topological polar surface area (TPSA) is 44.8 Å². The van der Waals surface area contributed by atoms with E-state index in [9.17, 15) is 4.79 Å². The van der Waals surface area contributed by atoms with Gasteiger partial charge in [0.1, 0.15) is 6.61 Å². The van der Waals surface area contributed by atoms with E-state index < -0.39 is 0 Å². The first-order valence-electron chi connectivity index (χ1n) is 7.46. The minimum absolute atomic E-state index is 0.198. The number of fused-ring (bicyclic) bond motifs is 1. The molecule has 24 heavy (non-hydrogen) atoms. The second-order valence-corrected chi connectivity index (χ2v) is 7.40. The van der Waals surface area contributed by atoms with Crippen LogP contribution in [-0.2, 0) is 16.1 Å². The maximum absolute atomic E-state index is 12.0. The third-order valence-corrected chi connectivity index (χ3v) is 5.47. The molecule has 3 rings (SSSR count). The number of carbonyl (C=O) groups excluding carboxylic acids is 1. The molecule has 0 saturated heterocycles. The van der Waals surface area contributed by atoms with Crippen molar-refractivity contribution in [1.29, 1.82) is 0 Å². The van der Waals surface area contributed by atoms with Crippen molar-refractivity contribution in [1.82, 2.24) is 0 Å². The summed E-state index contributed by atoms with van der Waals surface area (Å²) in [5.74, 6) is 1.41. The number of halogens is 1. The number of rotatable bonds is 5. The molecule has 0 spiro atoms. The molecule has 0 saturated carbocycles. The fourth-order valence-corrected chi connectivity index (χ4v) is 3.44. The molecule has 0 atom stereocenters. The molecule has 1 aliphatic heterocycles. The van der Waals surface area contributed by atoms with Crippen molar-refractivity contribution in [2.45, 2.75) is 25.3 Å². The smallest absolute Gasteiger partial charge is 0.316 e. The van der Waals surface area contributed by atoms with Crippen LogP contribution in [0.15, 0.2) is 39.7 Å². The van der Waals surface area contributed by atoms with Crippen molar-refractivity contribution in [3.05, 3.63) is 51.5 Å². The van der Waals surface area contributed by atoms with Crippen molar-refractivity contribution in [3.63, 3.8) is 0 Å². The number of thioether (sulfide) groups is 1. The molecule has 0 N–H and O–H groups in total. The molecule has 126 valence electrons. The molecule has 0 bridgehead atoms. The maximum atomic E-state index is 12.0. The first-order chi connectivity index (χ1) is 11.5. The summed E-state index contributed by atoms with van der Waals surface area (Å²) in [6, 6.07) is 9.83. The Kier molecular flexibility index (Phi) is 5.36. The van der Waals surface area contributed by atoms with Crippen LogP contribution < -0.4 is 9.47 Å². The standard InChI is InChI=1S/C18H17BrO4S/c1-11-3-4-14(5-12(11)2)24-9-18(20)21-8-13-6-16-17(7-15(13)19)23-10-22-16/h3-7H,8-10H2,1-2H3. The van der Waals surface area contributed by atoms with E-state index in [1.807, 2.05) is 18.2 Å². The molecule has 0 fully saturated rings. The van der Waals surface area contributed by atoms with Gasteiger partial charge in [-0.25, -0.2) is 0 Å². The van der Waals surface area contributed by atoms with Crippen LogP contribution in [0.5, 0.6) is 11.5 Å². The molecular weight excluding hydrogens is 392 g/mol. The lowest BCUT2D eigenvalue weighted by Crippen LogP contribution is -2.07. The van der Waals surface area contributed by atoms with Gasteiger partial charge in [-0.05, 0) is 49.2 Å². The van der Waals surface area contributed by atoms with Crippen molar-refractivity contribution in [3.8, 4) is 11.5 Å². The van der Waals surface area contributed by atoms with Crippen LogP contribution in [0.25, 0.3) is 0 Å². The number of carbonyl (C=O) groups is 1. The summed E-state index contributed by atoms with van der Waals surface area (Å²) in [5, 5.41) is 0. The highest BCUT2D eigenvalue weighted by atomic mass is 79.9. The number of ether oxygens (including phenoxy) is 3. The molecule has 0 amide bonds. The Morgan fingerprint density at radius 3 is 2.67 bits per heavy atom. The Hall–Kier alpha value is -1.66.